The summed E-state index contributed by atoms with van der Waals surface area (Å²) in [5, 5.41) is 8.10. The van der Waals surface area contributed by atoms with E-state index in [-0.39, 0.29) is 0 Å². The van der Waals surface area contributed by atoms with E-state index in [0.29, 0.717) is 11.2 Å². The molecule has 1 fully saturated rings. The van der Waals surface area contributed by atoms with Crippen molar-refractivity contribution in [1.29, 1.82) is 0 Å². The lowest BCUT2D eigenvalue weighted by molar-refractivity contribution is 0.426. The Morgan fingerprint density at radius 2 is 2.55 bits per heavy atom. The summed E-state index contributed by atoms with van der Waals surface area (Å²) in [6.45, 7) is 0.890. The number of nitrogens with zero attached hydrogens (tertiary/aromatic N) is 2. The van der Waals surface area contributed by atoms with Crippen LogP contribution in [0.5, 0.6) is 0 Å². The molecule has 2 rings (SSSR count). The second-order valence-corrected chi connectivity index (χ2v) is 4.45. The Labute approximate surface area is 72.1 Å². The topological polar surface area (TPSA) is 64.3 Å². The second-order valence-electron chi connectivity index (χ2n) is 2.17. The summed E-state index contributed by atoms with van der Waals surface area (Å²) in [5.41, 5.74) is 5.40. The van der Waals surface area contributed by atoms with E-state index < -0.39 is 0 Å². The molecule has 0 radical (unpaired) electrons. The first-order valence-electron chi connectivity index (χ1n) is 3.18. The Hall–Kier alpha value is -0.330. The van der Waals surface area contributed by atoms with Crippen LogP contribution in [0.15, 0.2) is 4.34 Å². The Morgan fingerprint density at radius 1 is 1.73 bits per heavy atom. The maximum absolute atomic E-state index is 5.40. The van der Waals surface area contributed by atoms with Crippen LogP contribution in [0.4, 0.5) is 5.13 Å². The van der Waals surface area contributed by atoms with E-state index in [1.165, 1.54) is 11.3 Å². The van der Waals surface area contributed by atoms with Crippen molar-refractivity contribution in [2.24, 2.45) is 0 Å². The van der Waals surface area contributed by atoms with E-state index in [9.17, 15) is 0 Å². The summed E-state index contributed by atoms with van der Waals surface area (Å²) in [5.74, 6) is 0.967. The highest BCUT2D eigenvalue weighted by molar-refractivity contribution is 8.01. The van der Waals surface area contributed by atoms with Gasteiger partial charge in [-0.05, 0) is 0 Å². The maximum Gasteiger partial charge on any atom is 0.203 e. The molecule has 0 aliphatic carbocycles. The van der Waals surface area contributed by atoms with Gasteiger partial charge in [0.05, 0.1) is 12.7 Å². The predicted molar refractivity (Wildman–Crippen MR) is 44.8 cm³/mol. The molecule has 0 spiro atoms. The lowest BCUT2D eigenvalue weighted by Gasteiger charge is -1.88. The summed E-state index contributed by atoms with van der Waals surface area (Å²) in [6, 6.07) is 0. The molecule has 1 saturated heterocycles. The molecular formula is C5H7N3OS2. The molecular weight excluding hydrogens is 182 g/mol. The van der Waals surface area contributed by atoms with Crippen molar-refractivity contribution in [2.45, 2.75) is 10.4 Å². The van der Waals surface area contributed by atoms with E-state index in [1.807, 2.05) is 0 Å². The van der Waals surface area contributed by atoms with Crippen molar-refractivity contribution < 1.29 is 4.74 Å². The summed E-state index contributed by atoms with van der Waals surface area (Å²) in [7, 11) is 0. The van der Waals surface area contributed by atoms with Crippen LogP contribution in [0.1, 0.15) is 0 Å². The van der Waals surface area contributed by atoms with Crippen LogP contribution in [-0.2, 0) is 4.74 Å². The minimum Gasteiger partial charge on any atom is -0.374 e. The Morgan fingerprint density at radius 3 is 3.09 bits per heavy atom. The van der Waals surface area contributed by atoms with Crippen LogP contribution >= 0.6 is 23.1 Å². The molecule has 1 aliphatic rings. The summed E-state index contributed by atoms with van der Waals surface area (Å²) < 4.78 is 5.97. The fourth-order valence-corrected chi connectivity index (χ4v) is 2.26. The van der Waals surface area contributed by atoms with E-state index in [1.54, 1.807) is 11.8 Å². The Bertz CT molecular complexity index is 248. The number of epoxide rings is 1. The van der Waals surface area contributed by atoms with Gasteiger partial charge in [0.25, 0.3) is 0 Å². The minimum absolute atomic E-state index is 0.435. The van der Waals surface area contributed by atoms with Gasteiger partial charge in [0, 0.05) is 5.75 Å². The van der Waals surface area contributed by atoms with Gasteiger partial charge < -0.3 is 10.5 Å². The molecule has 1 aromatic rings. The summed E-state index contributed by atoms with van der Waals surface area (Å²) in [6.07, 6.45) is 0.435. The highest BCUT2D eigenvalue weighted by atomic mass is 32.2. The van der Waals surface area contributed by atoms with E-state index in [4.69, 9.17) is 10.5 Å². The first kappa shape index (κ1) is 7.33. The normalized spacial score (nSPS) is 22.0. The lowest BCUT2D eigenvalue weighted by atomic mass is 10.6. The molecule has 1 unspecified atom stereocenters. The largest absolute Gasteiger partial charge is 0.374 e. The van der Waals surface area contributed by atoms with Crippen molar-refractivity contribution in [3.8, 4) is 0 Å². The molecule has 60 valence electrons. The second kappa shape index (κ2) is 2.96. The fraction of sp³-hybridized carbons (Fsp3) is 0.600. The zero-order valence-electron chi connectivity index (χ0n) is 5.69. The number of nitrogen functional groups attached to an aromatic ring is 1. The molecule has 4 nitrogen and oxygen atoms in total. The van der Waals surface area contributed by atoms with Gasteiger partial charge in [-0.1, -0.05) is 23.1 Å². The molecule has 2 N–H and O–H groups in total. The average Bonchev–Trinajstić information content (AvgIpc) is 2.72. The smallest absolute Gasteiger partial charge is 0.203 e. The van der Waals surface area contributed by atoms with Gasteiger partial charge in [0.2, 0.25) is 5.13 Å². The first-order chi connectivity index (χ1) is 5.34. The maximum atomic E-state index is 5.40. The van der Waals surface area contributed by atoms with Gasteiger partial charge in [-0.15, -0.1) is 10.2 Å². The van der Waals surface area contributed by atoms with Gasteiger partial charge in [-0.3, -0.25) is 0 Å². The van der Waals surface area contributed by atoms with Crippen molar-refractivity contribution >= 4 is 28.2 Å². The minimum atomic E-state index is 0.435. The van der Waals surface area contributed by atoms with Gasteiger partial charge >= 0.3 is 0 Å². The van der Waals surface area contributed by atoms with E-state index in [2.05, 4.69) is 10.2 Å². The Kier molecular flexibility index (Phi) is 1.97. The van der Waals surface area contributed by atoms with E-state index >= 15 is 0 Å². The molecule has 1 atom stereocenters. The lowest BCUT2D eigenvalue weighted by Crippen LogP contribution is -1.87. The number of aromatic nitrogens is 2. The molecule has 1 aliphatic heterocycles. The van der Waals surface area contributed by atoms with Crippen LogP contribution in [-0.4, -0.2) is 28.7 Å². The van der Waals surface area contributed by atoms with Crippen LogP contribution in [0.2, 0.25) is 0 Å². The number of nitrogens with two attached hydrogens (primary N) is 1. The van der Waals surface area contributed by atoms with Crippen molar-refractivity contribution in [2.75, 3.05) is 18.1 Å². The van der Waals surface area contributed by atoms with Crippen molar-refractivity contribution in [3.63, 3.8) is 0 Å². The monoisotopic (exact) mass is 189 g/mol. The van der Waals surface area contributed by atoms with Gasteiger partial charge in [-0.25, -0.2) is 0 Å². The number of anilines is 1. The third-order valence-corrected chi connectivity index (χ3v) is 3.23. The molecule has 1 aromatic heterocycles. The molecule has 0 saturated carbocycles. The van der Waals surface area contributed by atoms with Gasteiger partial charge in [0.15, 0.2) is 4.34 Å². The summed E-state index contributed by atoms with van der Waals surface area (Å²) in [4.78, 5) is 0. The number of thioether (sulfide) groups is 1. The third-order valence-electron chi connectivity index (χ3n) is 1.22. The number of hydrogen-bond donors (Lipinski definition) is 1. The van der Waals surface area contributed by atoms with Crippen LogP contribution in [0.3, 0.4) is 0 Å². The van der Waals surface area contributed by atoms with Gasteiger partial charge in [0.1, 0.15) is 0 Å². The zero-order chi connectivity index (χ0) is 7.68. The molecule has 2 heterocycles. The van der Waals surface area contributed by atoms with E-state index in [0.717, 1.165) is 16.7 Å². The van der Waals surface area contributed by atoms with Crippen LogP contribution in [0.25, 0.3) is 0 Å². The molecule has 0 bridgehead atoms. The molecule has 6 heteroatoms. The molecule has 0 aromatic carbocycles. The highest BCUT2D eigenvalue weighted by Crippen LogP contribution is 2.27. The highest BCUT2D eigenvalue weighted by Gasteiger charge is 2.22. The molecule has 0 amide bonds. The summed E-state index contributed by atoms with van der Waals surface area (Å²) >= 11 is 3.07. The number of rotatable bonds is 3. The number of ether oxygens (including phenoxy) is 1. The first-order valence-corrected chi connectivity index (χ1v) is 4.98. The van der Waals surface area contributed by atoms with Crippen molar-refractivity contribution in [1.82, 2.24) is 10.2 Å². The fourth-order valence-electron chi connectivity index (χ4n) is 0.607. The SMILES string of the molecule is Nc1nnc(SCC2CO2)s1. The molecule has 11 heavy (non-hydrogen) atoms. The third kappa shape index (κ3) is 2.05. The van der Waals surface area contributed by atoms with Gasteiger partial charge in [-0.2, -0.15) is 0 Å². The number of hydrogen-bond acceptors (Lipinski definition) is 6. The van der Waals surface area contributed by atoms with Crippen LogP contribution in [0, 0.1) is 0 Å². The average molecular weight is 189 g/mol. The van der Waals surface area contributed by atoms with Crippen LogP contribution < -0.4 is 5.73 Å². The van der Waals surface area contributed by atoms with Crippen molar-refractivity contribution in [3.05, 3.63) is 0 Å². The zero-order valence-corrected chi connectivity index (χ0v) is 7.32. The standard InChI is InChI=1S/C5H7N3OS2/c6-4-7-8-5(11-4)10-2-3-1-9-3/h3H,1-2H2,(H2,6,7). The quantitative estimate of drug-likeness (QED) is 0.557. The Balaban J connectivity index is 1.85. The predicted octanol–water partition coefficient (Wildman–Crippen LogP) is 0.611.